The number of hydrogen-bond donors (Lipinski definition) is 1. The maximum atomic E-state index is 13.4. The van der Waals surface area contributed by atoms with Crippen LogP contribution in [0.2, 0.25) is 0 Å². The van der Waals surface area contributed by atoms with E-state index in [1.165, 1.54) is 30.3 Å². The summed E-state index contributed by atoms with van der Waals surface area (Å²) in [5.74, 6) is -11.5. The molecule has 0 fully saturated rings. The van der Waals surface area contributed by atoms with Crippen LogP contribution in [-0.2, 0) is 0 Å². The van der Waals surface area contributed by atoms with E-state index in [4.69, 9.17) is 5.11 Å². The lowest BCUT2D eigenvalue weighted by Gasteiger charge is -2.33. The smallest absolute Gasteiger partial charge is 0.395 e. The first-order chi connectivity index (χ1) is 9.53. The normalized spacial score (nSPS) is 13.3. The Morgan fingerprint density at radius 1 is 0.905 bits per heavy atom. The number of aliphatic hydroxyl groups is 1. The first kappa shape index (κ1) is 17.5. The first-order valence-corrected chi connectivity index (χ1v) is 5.76. The molecule has 0 bridgehead atoms. The molecule has 0 aliphatic carbocycles. The van der Waals surface area contributed by atoms with Gasteiger partial charge in [-0.25, -0.2) is 0 Å². The summed E-state index contributed by atoms with van der Waals surface area (Å²) in [6, 6.07) is 6.84. The molecule has 0 aromatic heterocycles. The third kappa shape index (κ3) is 3.78. The summed E-state index contributed by atoms with van der Waals surface area (Å²) in [6.45, 7) is -3.06. The van der Waals surface area contributed by atoms with E-state index in [2.05, 4.69) is 0 Å². The van der Waals surface area contributed by atoms with Gasteiger partial charge in [0.05, 0.1) is 13.2 Å². The molecule has 0 spiro atoms. The standard InChI is InChI=1S/C12H12F7NO/c13-10(14,11(15,16)12(17,18)19)8-20(6-7-21)9-4-2-1-3-5-9/h1-5,21H,6-8H2. The zero-order chi connectivity index (χ0) is 16.3. The van der Waals surface area contributed by atoms with Gasteiger partial charge in [-0.3, -0.25) is 0 Å². The molecule has 1 N–H and O–H groups in total. The van der Waals surface area contributed by atoms with Crippen LogP contribution in [-0.4, -0.2) is 42.8 Å². The molecular formula is C12H12F7NO. The van der Waals surface area contributed by atoms with E-state index >= 15 is 0 Å². The highest BCUT2D eigenvalue weighted by molar-refractivity contribution is 5.46. The maximum absolute atomic E-state index is 13.4. The molecular weight excluding hydrogens is 307 g/mol. The summed E-state index contributed by atoms with van der Waals surface area (Å²) in [7, 11) is 0. The largest absolute Gasteiger partial charge is 0.459 e. The van der Waals surface area contributed by atoms with E-state index in [1.807, 2.05) is 0 Å². The van der Waals surface area contributed by atoms with Crippen molar-refractivity contribution in [2.24, 2.45) is 0 Å². The molecule has 1 rings (SSSR count). The van der Waals surface area contributed by atoms with Gasteiger partial charge in [0, 0.05) is 12.2 Å². The highest BCUT2D eigenvalue weighted by Crippen LogP contribution is 2.47. The Kier molecular flexibility index (Phi) is 5.08. The Hall–Kier alpha value is -1.51. The van der Waals surface area contributed by atoms with E-state index in [0.717, 1.165) is 0 Å². The second-order valence-corrected chi connectivity index (χ2v) is 4.26. The number of para-hydroxylation sites is 1. The monoisotopic (exact) mass is 319 g/mol. The summed E-state index contributed by atoms with van der Waals surface area (Å²) in [4.78, 5) is 0.569. The van der Waals surface area contributed by atoms with Crippen LogP contribution in [0.4, 0.5) is 36.4 Å². The number of alkyl halides is 7. The highest BCUT2D eigenvalue weighted by Gasteiger charge is 2.73. The fourth-order valence-corrected chi connectivity index (χ4v) is 1.61. The van der Waals surface area contributed by atoms with Gasteiger partial charge >= 0.3 is 18.0 Å². The molecule has 0 heterocycles. The number of benzene rings is 1. The van der Waals surface area contributed by atoms with E-state index in [9.17, 15) is 30.7 Å². The Morgan fingerprint density at radius 2 is 1.43 bits per heavy atom. The van der Waals surface area contributed by atoms with Crippen LogP contribution < -0.4 is 4.90 Å². The van der Waals surface area contributed by atoms with Crippen LogP contribution in [0.3, 0.4) is 0 Å². The van der Waals surface area contributed by atoms with Crippen molar-refractivity contribution < 1.29 is 35.8 Å². The molecule has 1 aromatic carbocycles. The molecule has 0 atom stereocenters. The minimum absolute atomic E-state index is 0.00389. The Bertz CT molecular complexity index is 447. The van der Waals surface area contributed by atoms with Crippen LogP contribution >= 0.6 is 0 Å². The van der Waals surface area contributed by atoms with Gasteiger partial charge in [0.1, 0.15) is 0 Å². The van der Waals surface area contributed by atoms with Gasteiger partial charge < -0.3 is 10.0 Å². The summed E-state index contributed by atoms with van der Waals surface area (Å²) >= 11 is 0. The predicted molar refractivity (Wildman–Crippen MR) is 61.7 cm³/mol. The number of anilines is 1. The van der Waals surface area contributed by atoms with Crippen molar-refractivity contribution in [1.29, 1.82) is 0 Å². The van der Waals surface area contributed by atoms with E-state index in [1.54, 1.807) is 0 Å². The maximum Gasteiger partial charge on any atom is 0.459 e. The van der Waals surface area contributed by atoms with Gasteiger partial charge in [-0.15, -0.1) is 0 Å². The molecule has 21 heavy (non-hydrogen) atoms. The molecule has 1 aromatic rings. The third-order valence-electron chi connectivity index (χ3n) is 2.70. The van der Waals surface area contributed by atoms with Gasteiger partial charge in [-0.2, -0.15) is 30.7 Å². The summed E-state index contributed by atoms with van der Waals surface area (Å²) in [6.07, 6.45) is -6.36. The molecule has 0 saturated carbocycles. The number of rotatable bonds is 6. The minimum atomic E-state index is -6.36. The van der Waals surface area contributed by atoms with Crippen LogP contribution in [0.15, 0.2) is 30.3 Å². The Balaban J connectivity index is 3.03. The number of hydrogen-bond acceptors (Lipinski definition) is 2. The second-order valence-electron chi connectivity index (χ2n) is 4.26. The molecule has 2 nitrogen and oxygen atoms in total. The Labute approximate surface area is 115 Å². The molecule has 0 aliphatic rings. The second kappa shape index (κ2) is 6.08. The van der Waals surface area contributed by atoms with Crippen molar-refractivity contribution in [3.05, 3.63) is 30.3 Å². The minimum Gasteiger partial charge on any atom is -0.395 e. The lowest BCUT2D eigenvalue weighted by Crippen LogP contribution is -2.57. The molecule has 0 saturated heterocycles. The van der Waals surface area contributed by atoms with Gasteiger partial charge in [-0.1, -0.05) is 18.2 Å². The average molecular weight is 319 g/mol. The number of aliphatic hydroxyl groups excluding tert-OH is 1. The lowest BCUT2D eigenvalue weighted by molar-refractivity contribution is -0.351. The fraction of sp³-hybridized carbons (Fsp3) is 0.500. The van der Waals surface area contributed by atoms with Crippen LogP contribution in [0, 0.1) is 0 Å². The van der Waals surface area contributed by atoms with Gasteiger partial charge in [0.2, 0.25) is 0 Å². The number of nitrogens with zero attached hydrogens (tertiary/aromatic N) is 1. The zero-order valence-corrected chi connectivity index (χ0v) is 10.5. The van der Waals surface area contributed by atoms with Crippen LogP contribution in [0.25, 0.3) is 0 Å². The van der Waals surface area contributed by atoms with Crippen molar-refractivity contribution in [3.8, 4) is 0 Å². The van der Waals surface area contributed by atoms with Crippen molar-refractivity contribution in [3.63, 3.8) is 0 Å². The average Bonchev–Trinajstić information content (AvgIpc) is 2.37. The van der Waals surface area contributed by atoms with Gasteiger partial charge in [0.25, 0.3) is 0 Å². The Morgan fingerprint density at radius 3 is 1.86 bits per heavy atom. The summed E-state index contributed by atoms with van der Waals surface area (Å²) in [5.41, 5.74) is 0.00389. The summed E-state index contributed by atoms with van der Waals surface area (Å²) < 4.78 is 88.7. The SMILES string of the molecule is OCCN(CC(F)(F)C(F)(F)C(F)(F)F)c1ccccc1. The van der Waals surface area contributed by atoms with Gasteiger partial charge in [-0.05, 0) is 12.1 Å². The predicted octanol–water partition coefficient (Wildman–Crippen LogP) is 3.32. The third-order valence-corrected chi connectivity index (χ3v) is 2.70. The van der Waals surface area contributed by atoms with Crippen molar-refractivity contribution >= 4 is 5.69 Å². The van der Waals surface area contributed by atoms with Crippen LogP contribution in [0.5, 0.6) is 0 Å². The quantitative estimate of drug-likeness (QED) is 0.813. The topological polar surface area (TPSA) is 23.5 Å². The molecule has 0 amide bonds. The van der Waals surface area contributed by atoms with E-state index in [0.29, 0.717) is 4.90 Å². The van der Waals surface area contributed by atoms with E-state index < -0.39 is 37.7 Å². The van der Waals surface area contributed by atoms with Crippen molar-refractivity contribution in [2.75, 3.05) is 24.6 Å². The van der Waals surface area contributed by atoms with Crippen LogP contribution in [0.1, 0.15) is 0 Å². The highest BCUT2D eigenvalue weighted by atomic mass is 19.4. The summed E-state index contributed by atoms with van der Waals surface area (Å²) in [5, 5.41) is 8.76. The van der Waals surface area contributed by atoms with Gasteiger partial charge in [0.15, 0.2) is 0 Å². The lowest BCUT2D eigenvalue weighted by atomic mass is 10.1. The van der Waals surface area contributed by atoms with Crippen molar-refractivity contribution in [1.82, 2.24) is 0 Å². The molecule has 9 heteroatoms. The number of halogens is 7. The molecule has 0 unspecified atom stereocenters. The first-order valence-electron chi connectivity index (χ1n) is 5.76. The zero-order valence-electron chi connectivity index (χ0n) is 10.5. The molecule has 0 aliphatic heterocycles. The van der Waals surface area contributed by atoms with E-state index in [-0.39, 0.29) is 5.69 Å². The fourth-order valence-electron chi connectivity index (χ4n) is 1.61. The van der Waals surface area contributed by atoms with Crippen molar-refractivity contribution in [2.45, 2.75) is 18.0 Å². The molecule has 0 radical (unpaired) electrons. The molecule has 120 valence electrons.